The van der Waals surface area contributed by atoms with Crippen molar-refractivity contribution in [3.63, 3.8) is 0 Å². The molecular weight excluding hydrogens is 122 g/mol. The largest absolute Gasteiger partial charge is 0.390 e. The lowest BCUT2D eigenvalue weighted by Crippen LogP contribution is -2.22. The van der Waals surface area contributed by atoms with Crippen LogP contribution >= 0.6 is 0 Å². The van der Waals surface area contributed by atoms with Crippen molar-refractivity contribution in [1.82, 2.24) is 5.32 Å². The smallest absolute Gasteiger partial charge is 0.0227 e. The predicted octanol–water partition coefficient (Wildman–Crippen LogP) is 2.08. The highest BCUT2D eigenvalue weighted by Crippen LogP contribution is 2.19. The number of nitrogens with one attached hydrogen (secondary N) is 1. The first-order chi connectivity index (χ1) is 4.60. The highest BCUT2D eigenvalue weighted by Gasteiger charge is 2.14. The second-order valence-corrected chi connectivity index (χ2v) is 3.59. The Hall–Kier alpha value is -0.720. The van der Waals surface area contributed by atoms with E-state index in [1.807, 2.05) is 6.20 Å². The Balaban J connectivity index is 2.78. The van der Waals surface area contributed by atoms with Crippen LogP contribution in [0, 0.1) is 5.41 Å². The molecule has 1 heteroatoms. The molecule has 0 unspecified atom stereocenters. The minimum atomic E-state index is 0.299. The van der Waals surface area contributed by atoms with E-state index in [-0.39, 0.29) is 0 Å². The predicted molar refractivity (Wildman–Crippen MR) is 44.7 cm³/mol. The van der Waals surface area contributed by atoms with Gasteiger partial charge in [0.25, 0.3) is 0 Å². The fourth-order valence-electron chi connectivity index (χ4n) is 1.23. The molecule has 56 valence electrons. The Bertz CT molecular complexity index is 175. The molecule has 0 aliphatic carbocycles. The van der Waals surface area contributed by atoms with Crippen molar-refractivity contribution in [2.24, 2.45) is 5.41 Å². The SMILES string of the molecule is CC1=CC(C)(C)CNC=C1. The zero-order valence-corrected chi connectivity index (χ0v) is 6.94. The second-order valence-electron chi connectivity index (χ2n) is 3.59. The van der Waals surface area contributed by atoms with Gasteiger partial charge in [0.1, 0.15) is 0 Å². The summed E-state index contributed by atoms with van der Waals surface area (Å²) >= 11 is 0. The van der Waals surface area contributed by atoms with E-state index >= 15 is 0 Å². The molecule has 1 N–H and O–H groups in total. The molecule has 0 bridgehead atoms. The van der Waals surface area contributed by atoms with E-state index in [0.29, 0.717) is 5.41 Å². The summed E-state index contributed by atoms with van der Waals surface area (Å²) in [6.45, 7) is 7.62. The van der Waals surface area contributed by atoms with Crippen LogP contribution in [0.5, 0.6) is 0 Å². The van der Waals surface area contributed by atoms with Gasteiger partial charge >= 0.3 is 0 Å². The standard InChI is InChI=1S/C9H15N/c1-8-4-5-10-7-9(2,3)6-8/h4-6,10H,7H2,1-3H3. The van der Waals surface area contributed by atoms with E-state index in [9.17, 15) is 0 Å². The van der Waals surface area contributed by atoms with E-state index < -0.39 is 0 Å². The zero-order chi connectivity index (χ0) is 7.61. The summed E-state index contributed by atoms with van der Waals surface area (Å²) in [7, 11) is 0. The molecule has 0 spiro atoms. The summed E-state index contributed by atoms with van der Waals surface area (Å²) in [6, 6.07) is 0. The van der Waals surface area contributed by atoms with Gasteiger partial charge in [-0.2, -0.15) is 0 Å². The van der Waals surface area contributed by atoms with Gasteiger partial charge in [0, 0.05) is 12.0 Å². The topological polar surface area (TPSA) is 12.0 Å². The third-order valence-corrected chi connectivity index (χ3v) is 1.64. The van der Waals surface area contributed by atoms with Crippen LogP contribution in [0.2, 0.25) is 0 Å². The number of rotatable bonds is 0. The second kappa shape index (κ2) is 2.49. The fraction of sp³-hybridized carbons (Fsp3) is 0.556. The molecule has 0 radical (unpaired) electrons. The van der Waals surface area contributed by atoms with Gasteiger partial charge in [-0.3, -0.25) is 0 Å². The van der Waals surface area contributed by atoms with Crippen molar-refractivity contribution in [2.45, 2.75) is 20.8 Å². The number of hydrogen-bond acceptors (Lipinski definition) is 1. The van der Waals surface area contributed by atoms with Crippen LogP contribution in [0.4, 0.5) is 0 Å². The lowest BCUT2D eigenvalue weighted by Gasteiger charge is -2.18. The van der Waals surface area contributed by atoms with E-state index in [0.717, 1.165) is 6.54 Å². The van der Waals surface area contributed by atoms with Gasteiger partial charge in [-0.05, 0) is 19.2 Å². The molecule has 1 aliphatic rings. The first-order valence-electron chi connectivity index (χ1n) is 3.70. The maximum atomic E-state index is 3.24. The highest BCUT2D eigenvalue weighted by atomic mass is 14.8. The average Bonchev–Trinajstić information content (AvgIpc) is 1.90. The Labute approximate surface area is 62.8 Å². The van der Waals surface area contributed by atoms with E-state index in [4.69, 9.17) is 0 Å². The van der Waals surface area contributed by atoms with Gasteiger partial charge in [0.05, 0.1) is 0 Å². The Kier molecular flexibility index (Phi) is 1.84. The molecule has 0 saturated heterocycles. The Morgan fingerprint density at radius 1 is 1.50 bits per heavy atom. The minimum absolute atomic E-state index is 0.299. The van der Waals surface area contributed by atoms with Gasteiger partial charge < -0.3 is 5.32 Å². The third-order valence-electron chi connectivity index (χ3n) is 1.64. The zero-order valence-electron chi connectivity index (χ0n) is 6.94. The summed E-state index contributed by atoms with van der Waals surface area (Å²) < 4.78 is 0. The molecule has 0 aromatic carbocycles. The summed E-state index contributed by atoms with van der Waals surface area (Å²) in [5, 5.41) is 3.24. The fourth-order valence-corrected chi connectivity index (χ4v) is 1.23. The maximum Gasteiger partial charge on any atom is 0.0227 e. The maximum absolute atomic E-state index is 3.24. The molecule has 0 fully saturated rings. The first kappa shape index (κ1) is 7.39. The molecule has 0 amide bonds. The minimum Gasteiger partial charge on any atom is -0.390 e. The van der Waals surface area contributed by atoms with Gasteiger partial charge in [-0.1, -0.05) is 25.5 Å². The van der Waals surface area contributed by atoms with Gasteiger partial charge in [-0.25, -0.2) is 0 Å². The normalized spacial score (nSPS) is 22.9. The molecular formula is C9H15N. The molecule has 0 atom stereocenters. The molecule has 1 aliphatic heterocycles. The van der Waals surface area contributed by atoms with E-state index in [1.165, 1.54) is 5.57 Å². The number of allylic oxidation sites excluding steroid dienone is 2. The third kappa shape index (κ3) is 1.90. The van der Waals surface area contributed by atoms with Crippen LogP contribution in [-0.2, 0) is 0 Å². The van der Waals surface area contributed by atoms with Crippen molar-refractivity contribution in [2.75, 3.05) is 6.54 Å². The monoisotopic (exact) mass is 137 g/mol. The summed E-state index contributed by atoms with van der Waals surface area (Å²) in [4.78, 5) is 0. The Morgan fingerprint density at radius 2 is 2.20 bits per heavy atom. The van der Waals surface area contributed by atoms with Crippen LogP contribution < -0.4 is 5.32 Å². The van der Waals surface area contributed by atoms with Gasteiger partial charge in [0.2, 0.25) is 0 Å². The van der Waals surface area contributed by atoms with Crippen LogP contribution in [-0.4, -0.2) is 6.54 Å². The van der Waals surface area contributed by atoms with Crippen LogP contribution in [0.15, 0.2) is 23.9 Å². The molecule has 0 aromatic heterocycles. The summed E-state index contributed by atoms with van der Waals surface area (Å²) in [6.07, 6.45) is 6.42. The molecule has 1 heterocycles. The van der Waals surface area contributed by atoms with Crippen molar-refractivity contribution in [3.05, 3.63) is 23.9 Å². The average molecular weight is 137 g/mol. The molecule has 0 saturated carbocycles. The van der Waals surface area contributed by atoms with Crippen molar-refractivity contribution < 1.29 is 0 Å². The first-order valence-corrected chi connectivity index (χ1v) is 3.70. The quantitative estimate of drug-likeness (QED) is 0.539. The van der Waals surface area contributed by atoms with Gasteiger partial charge in [-0.15, -0.1) is 0 Å². The van der Waals surface area contributed by atoms with Crippen LogP contribution in [0.3, 0.4) is 0 Å². The lowest BCUT2D eigenvalue weighted by molar-refractivity contribution is 0.465. The van der Waals surface area contributed by atoms with Crippen molar-refractivity contribution in [3.8, 4) is 0 Å². The Morgan fingerprint density at radius 3 is 2.90 bits per heavy atom. The van der Waals surface area contributed by atoms with Crippen molar-refractivity contribution >= 4 is 0 Å². The van der Waals surface area contributed by atoms with Gasteiger partial charge in [0.15, 0.2) is 0 Å². The van der Waals surface area contributed by atoms with E-state index in [2.05, 4.69) is 38.2 Å². The molecule has 10 heavy (non-hydrogen) atoms. The number of hydrogen-bond donors (Lipinski definition) is 1. The van der Waals surface area contributed by atoms with Crippen LogP contribution in [0.25, 0.3) is 0 Å². The van der Waals surface area contributed by atoms with Crippen molar-refractivity contribution in [1.29, 1.82) is 0 Å². The van der Waals surface area contributed by atoms with Crippen LogP contribution in [0.1, 0.15) is 20.8 Å². The molecule has 0 aromatic rings. The molecule has 1 nitrogen and oxygen atoms in total. The molecule has 1 rings (SSSR count). The van der Waals surface area contributed by atoms with E-state index in [1.54, 1.807) is 0 Å². The highest BCUT2D eigenvalue weighted by molar-refractivity contribution is 5.20. The summed E-state index contributed by atoms with van der Waals surface area (Å²) in [5.74, 6) is 0. The summed E-state index contributed by atoms with van der Waals surface area (Å²) in [5.41, 5.74) is 1.64. The lowest BCUT2D eigenvalue weighted by atomic mass is 9.92.